The molecule has 3 heteroatoms. The van der Waals surface area contributed by atoms with Crippen molar-refractivity contribution < 1.29 is 4.74 Å². The van der Waals surface area contributed by atoms with Gasteiger partial charge in [0.2, 0.25) is 0 Å². The third-order valence-electron chi connectivity index (χ3n) is 4.44. The van der Waals surface area contributed by atoms with Crippen LogP contribution in [0.4, 0.5) is 5.69 Å². The van der Waals surface area contributed by atoms with Crippen LogP contribution in [0.2, 0.25) is 0 Å². The van der Waals surface area contributed by atoms with Crippen molar-refractivity contribution in [1.82, 2.24) is 4.98 Å². The second kappa shape index (κ2) is 4.57. The molecule has 1 aliphatic carbocycles. The molecule has 1 fully saturated rings. The van der Waals surface area contributed by atoms with E-state index in [9.17, 15) is 0 Å². The van der Waals surface area contributed by atoms with E-state index in [0.717, 1.165) is 13.0 Å². The van der Waals surface area contributed by atoms with E-state index in [1.54, 1.807) is 0 Å². The first-order valence-corrected chi connectivity index (χ1v) is 7.06. The molecule has 0 saturated heterocycles. The predicted molar refractivity (Wildman–Crippen MR) is 79.5 cm³/mol. The molecule has 1 aromatic heterocycles. The average molecular weight is 258 g/mol. The Bertz CT molecular complexity index is 573. The molecule has 2 N–H and O–H groups in total. The topological polar surface area (TPSA) is 37.0 Å². The first kappa shape index (κ1) is 12.5. The van der Waals surface area contributed by atoms with Crippen molar-refractivity contribution in [3.8, 4) is 0 Å². The number of ether oxygens (including phenoxy) is 1. The zero-order valence-electron chi connectivity index (χ0n) is 11.9. The van der Waals surface area contributed by atoms with Gasteiger partial charge in [-0.3, -0.25) is 0 Å². The van der Waals surface area contributed by atoms with E-state index >= 15 is 0 Å². The molecule has 102 valence electrons. The molecule has 0 radical (unpaired) electrons. The summed E-state index contributed by atoms with van der Waals surface area (Å²) in [6.07, 6.45) is 3.45. The van der Waals surface area contributed by atoms with Gasteiger partial charge >= 0.3 is 0 Å². The van der Waals surface area contributed by atoms with Gasteiger partial charge in [-0.25, -0.2) is 0 Å². The van der Waals surface area contributed by atoms with Gasteiger partial charge in [-0.2, -0.15) is 0 Å². The Morgan fingerprint density at radius 2 is 2.21 bits per heavy atom. The van der Waals surface area contributed by atoms with E-state index in [-0.39, 0.29) is 5.41 Å². The highest BCUT2D eigenvalue weighted by atomic mass is 16.5. The molecule has 3 nitrogen and oxygen atoms in total. The van der Waals surface area contributed by atoms with Gasteiger partial charge < -0.3 is 15.0 Å². The minimum Gasteiger partial charge on any atom is -0.382 e. The molecule has 2 unspecified atom stereocenters. The molecule has 1 aromatic carbocycles. The number of benzene rings is 1. The van der Waals surface area contributed by atoms with Crippen LogP contribution in [0.3, 0.4) is 0 Å². The summed E-state index contributed by atoms with van der Waals surface area (Å²) in [7, 11) is 0. The second-order valence-corrected chi connectivity index (χ2v) is 5.98. The molecule has 0 amide bonds. The second-order valence-electron chi connectivity index (χ2n) is 5.98. The van der Waals surface area contributed by atoms with Crippen molar-refractivity contribution in [2.24, 2.45) is 5.41 Å². The normalized spacial score (nSPS) is 25.2. The monoisotopic (exact) mass is 258 g/mol. The zero-order valence-corrected chi connectivity index (χ0v) is 11.9. The third-order valence-corrected chi connectivity index (χ3v) is 4.44. The molecule has 2 atom stereocenters. The summed E-state index contributed by atoms with van der Waals surface area (Å²) in [6.45, 7) is 7.43. The summed E-state index contributed by atoms with van der Waals surface area (Å²) < 4.78 is 5.77. The molecular weight excluding hydrogens is 236 g/mol. The van der Waals surface area contributed by atoms with Crippen molar-refractivity contribution in [2.45, 2.75) is 39.3 Å². The predicted octanol–water partition coefficient (Wildman–Crippen LogP) is 3.78. The minimum atomic E-state index is 0.198. The molecular formula is C16H22N2O. The Morgan fingerprint density at radius 1 is 1.37 bits per heavy atom. The maximum atomic E-state index is 5.77. The van der Waals surface area contributed by atoms with Crippen molar-refractivity contribution in [3.63, 3.8) is 0 Å². The standard InChI is InChI=1S/C16H22N2O/c1-4-19-15-10-14(16(15,2)3)18-12-5-6-13-11(9-12)7-8-17-13/h5-9,14-15,17-18H,4,10H2,1-3H3. The summed E-state index contributed by atoms with van der Waals surface area (Å²) in [4.78, 5) is 3.22. The first-order valence-electron chi connectivity index (χ1n) is 7.06. The fourth-order valence-corrected chi connectivity index (χ4v) is 2.96. The van der Waals surface area contributed by atoms with Crippen LogP contribution in [-0.2, 0) is 4.74 Å². The van der Waals surface area contributed by atoms with Gasteiger partial charge in [0.25, 0.3) is 0 Å². The molecule has 0 aliphatic heterocycles. The molecule has 1 heterocycles. The lowest BCUT2D eigenvalue weighted by molar-refractivity contribution is -0.0975. The average Bonchev–Trinajstić information content (AvgIpc) is 2.85. The molecule has 3 rings (SSSR count). The number of fused-ring (bicyclic) bond motifs is 1. The summed E-state index contributed by atoms with van der Waals surface area (Å²) in [5, 5.41) is 4.90. The van der Waals surface area contributed by atoms with Crippen LogP contribution >= 0.6 is 0 Å². The van der Waals surface area contributed by atoms with Crippen molar-refractivity contribution in [1.29, 1.82) is 0 Å². The minimum absolute atomic E-state index is 0.198. The molecule has 1 saturated carbocycles. The lowest BCUT2D eigenvalue weighted by Gasteiger charge is -2.52. The molecule has 1 aliphatic rings. The van der Waals surface area contributed by atoms with Gasteiger partial charge in [0, 0.05) is 40.9 Å². The summed E-state index contributed by atoms with van der Waals surface area (Å²) in [5.41, 5.74) is 2.58. The van der Waals surface area contributed by atoms with Gasteiger partial charge in [0.15, 0.2) is 0 Å². The summed E-state index contributed by atoms with van der Waals surface area (Å²) in [6, 6.07) is 9.07. The van der Waals surface area contributed by atoms with Crippen LogP contribution < -0.4 is 5.32 Å². The highest BCUT2D eigenvalue weighted by Gasteiger charge is 2.48. The Kier molecular flexibility index (Phi) is 3.02. The van der Waals surface area contributed by atoms with Gasteiger partial charge in [0.1, 0.15) is 0 Å². The Balaban J connectivity index is 1.72. The Labute approximate surface area is 114 Å². The highest BCUT2D eigenvalue weighted by Crippen LogP contribution is 2.44. The van der Waals surface area contributed by atoms with Gasteiger partial charge in [-0.15, -0.1) is 0 Å². The highest BCUT2D eigenvalue weighted by molar-refractivity contribution is 5.83. The van der Waals surface area contributed by atoms with Crippen molar-refractivity contribution in [3.05, 3.63) is 30.5 Å². The van der Waals surface area contributed by atoms with Crippen LogP contribution in [0.5, 0.6) is 0 Å². The van der Waals surface area contributed by atoms with Crippen LogP contribution in [0.15, 0.2) is 30.5 Å². The van der Waals surface area contributed by atoms with E-state index in [1.807, 2.05) is 6.20 Å². The van der Waals surface area contributed by atoms with Crippen LogP contribution in [0.1, 0.15) is 27.2 Å². The van der Waals surface area contributed by atoms with E-state index in [0.29, 0.717) is 12.1 Å². The van der Waals surface area contributed by atoms with Gasteiger partial charge in [-0.1, -0.05) is 13.8 Å². The zero-order chi connectivity index (χ0) is 13.5. The molecule has 19 heavy (non-hydrogen) atoms. The number of nitrogens with one attached hydrogen (secondary N) is 2. The van der Waals surface area contributed by atoms with E-state index in [1.165, 1.54) is 16.6 Å². The number of hydrogen-bond donors (Lipinski definition) is 2. The smallest absolute Gasteiger partial charge is 0.0665 e. The van der Waals surface area contributed by atoms with E-state index in [2.05, 4.69) is 55.3 Å². The largest absolute Gasteiger partial charge is 0.382 e. The Hall–Kier alpha value is -1.48. The van der Waals surface area contributed by atoms with Crippen LogP contribution in [-0.4, -0.2) is 23.7 Å². The quantitative estimate of drug-likeness (QED) is 0.875. The molecule has 2 aromatic rings. The summed E-state index contributed by atoms with van der Waals surface area (Å²) >= 11 is 0. The van der Waals surface area contributed by atoms with Crippen molar-refractivity contribution >= 4 is 16.6 Å². The fraction of sp³-hybridized carbons (Fsp3) is 0.500. The lowest BCUT2D eigenvalue weighted by Crippen LogP contribution is -2.58. The number of aromatic amines is 1. The maximum absolute atomic E-state index is 5.77. The number of hydrogen-bond acceptors (Lipinski definition) is 2. The van der Waals surface area contributed by atoms with Crippen LogP contribution in [0.25, 0.3) is 10.9 Å². The number of aromatic nitrogens is 1. The SMILES string of the molecule is CCOC1CC(Nc2ccc3[nH]ccc3c2)C1(C)C. The first-order chi connectivity index (χ1) is 9.11. The van der Waals surface area contributed by atoms with Gasteiger partial charge in [-0.05, 0) is 37.6 Å². The van der Waals surface area contributed by atoms with E-state index in [4.69, 9.17) is 4.74 Å². The summed E-state index contributed by atoms with van der Waals surface area (Å²) in [5.74, 6) is 0. The number of H-pyrrole nitrogens is 1. The van der Waals surface area contributed by atoms with Crippen molar-refractivity contribution in [2.75, 3.05) is 11.9 Å². The van der Waals surface area contributed by atoms with Crippen LogP contribution in [0, 0.1) is 5.41 Å². The number of anilines is 1. The maximum Gasteiger partial charge on any atom is 0.0665 e. The van der Waals surface area contributed by atoms with E-state index < -0.39 is 0 Å². The molecule has 0 bridgehead atoms. The molecule has 0 spiro atoms. The fourth-order valence-electron chi connectivity index (χ4n) is 2.96. The van der Waals surface area contributed by atoms with Gasteiger partial charge in [0.05, 0.1) is 6.10 Å². The Morgan fingerprint density at radius 3 is 2.95 bits per heavy atom. The lowest BCUT2D eigenvalue weighted by atomic mass is 9.64. The number of rotatable bonds is 4. The third kappa shape index (κ3) is 2.12.